The molecule has 4 N–H and O–H groups in total. The van der Waals surface area contributed by atoms with E-state index in [1.54, 1.807) is 6.92 Å². The summed E-state index contributed by atoms with van der Waals surface area (Å²) in [4.78, 5) is 11.5. The average molecular weight is 158 g/mol. The molecule has 3 nitrogen and oxygen atoms in total. The summed E-state index contributed by atoms with van der Waals surface area (Å²) < 4.78 is 0. The number of Topliss-reactive ketones (excluding diaryl/α,β-unsaturated/α-hetero) is 1. The van der Waals surface area contributed by atoms with Gasteiger partial charge in [0.25, 0.3) is 0 Å². The minimum atomic E-state index is -0.877. The van der Waals surface area contributed by atoms with Gasteiger partial charge in [-0.15, -0.1) is 0 Å². The Hall–Kier alpha value is -0.410. The molecule has 0 radical (unpaired) electrons. The van der Waals surface area contributed by atoms with E-state index in [4.69, 9.17) is 11.5 Å². The predicted octanol–water partition coefficient (Wildman–Crippen LogP) is 0.278. The molecule has 1 atom stereocenters. The lowest BCUT2D eigenvalue weighted by Gasteiger charge is -2.29. The van der Waals surface area contributed by atoms with Gasteiger partial charge in [-0.1, -0.05) is 20.8 Å². The lowest BCUT2D eigenvalue weighted by atomic mass is 9.80. The first-order chi connectivity index (χ1) is 4.72. The highest BCUT2D eigenvalue weighted by Gasteiger charge is 2.35. The van der Waals surface area contributed by atoms with Crippen LogP contribution < -0.4 is 11.5 Å². The van der Waals surface area contributed by atoms with Gasteiger partial charge < -0.3 is 11.5 Å². The van der Waals surface area contributed by atoms with E-state index in [0.717, 1.165) is 0 Å². The van der Waals surface area contributed by atoms with Crippen LogP contribution in [0.4, 0.5) is 0 Å². The summed E-state index contributed by atoms with van der Waals surface area (Å²) in [7, 11) is 0. The van der Waals surface area contributed by atoms with Crippen molar-refractivity contribution < 1.29 is 4.79 Å². The second-order valence-corrected chi connectivity index (χ2v) is 4.20. The molecule has 0 unspecified atom stereocenters. The molecule has 11 heavy (non-hydrogen) atoms. The number of hydrogen-bond acceptors (Lipinski definition) is 3. The van der Waals surface area contributed by atoms with Gasteiger partial charge in [0.2, 0.25) is 0 Å². The lowest BCUT2D eigenvalue weighted by molar-refractivity contribution is -0.130. The third-order valence-corrected chi connectivity index (χ3v) is 1.62. The molecule has 0 bridgehead atoms. The summed E-state index contributed by atoms with van der Waals surface area (Å²) in [6, 6.07) is 0. The maximum Gasteiger partial charge on any atom is 0.158 e. The zero-order valence-corrected chi connectivity index (χ0v) is 7.77. The molecule has 0 heterocycles. The molecule has 0 aromatic rings. The first-order valence-electron chi connectivity index (χ1n) is 3.75. The lowest BCUT2D eigenvalue weighted by Crippen LogP contribution is -2.55. The summed E-state index contributed by atoms with van der Waals surface area (Å²) in [5.74, 6) is 0.00694. The second kappa shape index (κ2) is 2.91. The van der Waals surface area contributed by atoms with E-state index in [1.165, 1.54) is 0 Å². The van der Waals surface area contributed by atoms with Gasteiger partial charge in [0, 0.05) is 12.0 Å². The van der Waals surface area contributed by atoms with E-state index in [-0.39, 0.29) is 12.3 Å². The largest absolute Gasteiger partial charge is 0.328 e. The van der Waals surface area contributed by atoms with Crippen LogP contribution in [0.5, 0.6) is 0 Å². The summed E-state index contributed by atoms with van der Waals surface area (Å²) in [6.45, 7) is 7.39. The number of nitrogens with two attached hydrogens (primary N) is 2. The molecular weight excluding hydrogens is 140 g/mol. The van der Waals surface area contributed by atoms with Gasteiger partial charge in [-0.2, -0.15) is 0 Å². The third-order valence-electron chi connectivity index (χ3n) is 1.62. The number of ketones is 1. The highest BCUT2D eigenvalue weighted by molar-refractivity contribution is 5.92. The van der Waals surface area contributed by atoms with E-state index in [2.05, 4.69) is 0 Å². The van der Waals surface area contributed by atoms with Gasteiger partial charge in [0.05, 0.1) is 5.54 Å². The quantitative estimate of drug-likeness (QED) is 0.606. The SMILES string of the molecule is CC(C)(C)C(=O)[C@@](C)(N)CN. The molecular formula is C8H18N2O. The van der Waals surface area contributed by atoms with E-state index in [1.807, 2.05) is 20.8 Å². The van der Waals surface area contributed by atoms with Gasteiger partial charge in [-0.25, -0.2) is 0 Å². The summed E-state index contributed by atoms with van der Waals surface area (Å²) in [5.41, 5.74) is 9.75. The molecule has 3 heteroatoms. The van der Waals surface area contributed by atoms with E-state index >= 15 is 0 Å². The van der Waals surface area contributed by atoms with Crippen LogP contribution in [-0.4, -0.2) is 17.9 Å². The number of carbonyl (C=O) groups excluding carboxylic acids is 1. The van der Waals surface area contributed by atoms with Crippen LogP contribution in [-0.2, 0) is 4.79 Å². The molecule has 0 saturated heterocycles. The fourth-order valence-electron chi connectivity index (χ4n) is 0.949. The van der Waals surface area contributed by atoms with E-state index in [9.17, 15) is 4.79 Å². The van der Waals surface area contributed by atoms with Crippen LogP contribution in [0.2, 0.25) is 0 Å². The van der Waals surface area contributed by atoms with Crippen molar-refractivity contribution in [2.75, 3.05) is 6.54 Å². The predicted molar refractivity (Wildman–Crippen MR) is 46.1 cm³/mol. The average Bonchev–Trinajstić information content (AvgIpc) is 1.84. The Morgan fingerprint density at radius 2 is 1.64 bits per heavy atom. The van der Waals surface area contributed by atoms with Crippen molar-refractivity contribution in [1.29, 1.82) is 0 Å². The van der Waals surface area contributed by atoms with E-state index < -0.39 is 11.0 Å². The molecule has 0 aliphatic heterocycles. The zero-order valence-electron chi connectivity index (χ0n) is 7.77. The Kier molecular flexibility index (Phi) is 2.80. The van der Waals surface area contributed by atoms with Crippen LogP contribution >= 0.6 is 0 Å². The van der Waals surface area contributed by atoms with E-state index in [0.29, 0.717) is 0 Å². The van der Waals surface area contributed by atoms with Gasteiger partial charge in [-0.05, 0) is 6.92 Å². The molecule has 0 fully saturated rings. The van der Waals surface area contributed by atoms with Crippen molar-refractivity contribution in [2.45, 2.75) is 33.2 Å². The maximum absolute atomic E-state index is 11.5. The smallest absolute Gasteiger partial charge is 0.158 e. The first kappa shape index (κ1) is 10.6. The van der Waals surface area contributed by atoms with Crippen molar-refractivity contribution in [3.63, 3.8) is 0 Å². The molecule has 0 saturated carbocycles. The fourth-order valence-corrected chi connectivity index (χ4v) is 0.949. The third kappa shape index (κ3) is 2.60. The Morgan fingerprint density at radius 3 is 1.73 bits per heavy atom. The van der Waals surface area contributed by atoms with Crippen LogP contribution in [0.3, 0.4) is 0 Å². The number of carbonyl (C=O) groups is 1. The first-order valence-corrected chi connectivity index (χ1v) is 3.75. The molecule has 0 aromatic heterocycles. The van der Waals surface area contributed by atoms with Crippen molar-refractivity contribution in [3.8, 4) is 0 Å². The Labute approximate surface area is 68.1 Å². The molecule has 0 rings (SSSR count). The Bertz CT molecular complexity index is 156. The minimum Gasteiger partial charge on any atom is -0.328 e. The Balaban J connectivity index is 4.50. The van der Waals surface area contributed by atoms with Gasteiger partial charge in [0.1, 0.15) is 0 Å². The van der Waals surface area contributed by atoms with Crippen LogP contribution in [0.1, 0.15) is 27.7 Å². The molecule has 0 aromatic carbocycles. The number of rotatable bonds is 2. The zero-order chi connectivity index (χ0) is 9.28. The maximum atomic E-state index is 11.5. The molecule has 0 aliphatic carbocycles. The van der Waals surface area contributed by atoms with Crippen LogP contribution in [0.25, 0.3) is 0 Å². The number of hydrogen-bond donors (Lipinski definition) is 2. The highest BCUT2D eigenvalue weighted by Crippen LogP contribution is 2.20. The monoisotopic (exact) mass is 158 g/mol. The normalized spacial score (nSPS) is 17.6. The Morgan fingerprint density at radius 1 is 1.27 bits per heavy atom. The fraction of sp³-hybridized carbons (Fsp3) is 0.875. The summed E-state index contributed by atoms with van der Waals surface area (Å²) in [5, 5.41) is 0. The van der Waals surface area contributed by atoms with Gasteiger partial charge >= 0.3 is 0 Å². The summed E-state index contributed by atoms with van der Waals surface area (Å²) in [6.07, 6.45) is 0. The van der Waals surface area contributed by atoms with Crippen LogP contribution in [0, 0.1) is 5.41 Å². The van der Waals surface area contributed by atoms with Gasteiger partial charge in [0.15, 0.2) is 5.78 Å². The summed E-state index contributed by atoms with van der Waals surface area (Å²) >= 11 is 0. The van der Waals surface area contributed by atoms with Crippen molar-refractivity contribution in [1.82, 2.24) is 0 Å². The highest BCUT2D eigenvalue weighted by atomic mass is 16.1. The molecule has 66 valence electrons. The van der Waals surface area contributed by atoms with Crippen molar-refractivity contribution in [3.05, 3.63) is 0 Å². The molecule has 0 aliphatic rings. The minimum absolute atomic E-state index is 0.00694. The molecule has 0 spiro atoms. The topological polar surface area (TPSA) is 69.1 Å². The molecule has 0 amide bonds. The van der Waals surface area contributed by atoms with Crippen LogP contribution in [0.15, 0.2) is 0 Å². The standard InChI is InChI=1S/C8H18N2O/c1-7(2,3)6(11)8(4,10)5-9/h5,9-10H2,1-4H3/t8-/m0/s1. The second-order valence-electron chi connectivity index (χ2n) is 4.20. The van der Waals surface area contributed by atoms with Crippen molar-refractivity contribution >= 4 is 5.78 Å². The van der Waals surface area contributed by atoms with Crippen molar-refractivity contribution in [2.24, 2.45) is 16.9 Å². The van der Waals surface area contributed by atoms with Gasteiger partial charge in [-0.3, -0.25) is 4.79 Å².